The topological polar surface area (TPSA) is 98.2 Å². The molecule has 0 atom stereocenters. The second-order valence-electron chi connectivity index (χ2n) is 5.20. The molecule has 2 aromatic carbocycles. The molecule has 0 saturated carbocycles. The van der Waals surface area contributed by atoms with E-state index in [0.717, 1.165) is 0 Å². The zero-order valence-electron chi connectivity index (χ0n) is 15.2. The zero-order chi connectivity index (χ0) is 20.7. The first-order valence-electron chi connectivity index (χ1n) is 7.79. The summed E-state index contributed by atoms with van der Waals surface area (Å²) in [5.74, 6) is -0.596. The number of carbonyl (C=O) groups excluding carboxylic acids is 2. The molecule has 0 aliphatic rings. The van der Waals surface area contributed by atoms with E-state index >= 15 is 0 Å². The van der Waals surface area contributed by atoms with Crippen LogP contribution in [-0.2, 0) is 9.59 Å². The monoisotopic (exact) mass is 425 g/mol. The zero-order valence-corrected chi connectivity index (χ0v) is 16.7. The summed E-state index contributed by atoms with van der Waals surface area (Å²) in [7, 11) is 4.45. The van der Waals surface area contributed by atoms with Gasteiger partial charge in [-0.25, -0.2) is 5.43 Å². The molecule has 0 aliphatic heterocycles. The molecule has 10 heteroatoms. The fraction of sp³-hybridized carbons (Fsp3) is 0.167. The summed E-state index contributed by atoms with van der Waals surface area (Å²) in [4.78, 5) is 23.9. The van der Waals surface area contributed by atoms with Crippen molar-refractivity contribution < 1.29 is 23.8 Å². The van der Waals surface area contributed by atoms with Crippen molar-refractivity contribution in [1.82, 2.24) is 5.43 Å². The Kier molecular flexibility index (Phi) is 7.48. The van der Waals surface area contributed by atoms with Gasteiger partial charge in [-0.3, -0.25) is 9.59 Å². The summed E-state index contributed by atoms with van der Waals surface area (Å²) in [6.45, 7) is 0. The predicted octanol–water partition coefficient (Wildman–Crippen LogP) is 3.11. The molecule has 2 N–H and O–H groups in total. The summed E-state index contributed by atoms with van der Waals surface area (Å²) >= 11 is 11.8. The van der Waals surface area contributed by atoms with E-state index in [2.05, 4.69) is 15.8 Å². The van der Waals surface area contributed by atoms with Gasteiger partial charge >= 0.3 is 11.8 Å². The van der Waals surface area contributed by atoms with Crippen LogP contribution in [-0.4, -0.2) is 39.4 Å². The minimum absolute atomic E-state index is 0.129. The highest BCUT2D eigenvalue weighted by Crippen LogP contribution is 2.33. The maximum absolute atomic E-state index is 12.0. The first kappa shape index (κ1) is 21.3. The van der Waals surface area contributed by atoms with Gasteiger partial charge < -0.3 is 19.5 Å². The van der Waals surface area contributed by atoms with Crippen molar-refractivity contribution in [1.29, 1.82) is 0 Å². The van der Waals surface area contributed by atoms with Crippen LogP contribution in [0.25, 0.3) is 0 Å². The lowest BCUT2D eigenvalue weighted by Crippen LogP contribution is -2.32. The second kappa shape index (κ2) is 9.82. The number of hydrogen-bond donors (Lipinski definition) is 2. The molecule has 8 nitrogen and oxygen atoms in total. The van der Waals surface area contributed by atoms with Crippen molar-refractivity contribution in [2.45, 2.75) is 0 Å². The van der Waals surface area contributed by atoms with Gasteiger partial charge in [0.15, 0.2) is 11.5 Å². The minimum Gasteiger partial charge on any atom is -0.496 e. The van der Waals surface area contributed by atoms with Crippen LogP contribution in [0.5, 0.6) is 17.2 Å². The molecule has 0 fully saturated rings. The minimum atomic E-state index is -0.994. The fourth-order valence-electron chi connectivity index (χ4n) is 2.14. The number of nitrogens with zero attached hydrogens (tertiary/aromatic N) is 1. The molecule has 0 radical (unpaired) electrons. The number of rotatable bonds is 6. The van der Waals surface area contributed by atoms with E-state index in [4.69, 9.17) is 37.4 Å². The third-order valence-corrected chi connectivity index (χ3v) is 4.33. The molecular weight excluding hydrogens is 409 g/mol. The average Bonchev–Trinajstić information content (AvgIpc) is 2.70. The molecular formula is C18H17Cl2N3O5. The van der Waals surface area contributed by atoms with Gasteiger partial charge in [0.25, 0.3) is 0 Å². The second-order valence-corrected chi connectivity index (χ2v) is 5.99. The van der Waals surface area contributed by atoms with E-state index in [9.17, 15) is 9.59 Å². The Balaban J connectivity index is 2.08. The Bertz CT molecular complexity index is 918. The standard InChI is InChI=1S/C18H17Cl2N3O5/c1-26-13-8-15(28-3)14(27-2)7-10(13)9-21-23-18(25)17(24)22-12-6-4-5-11(19)16(12)20/h4-9H,1-3H3,(H,22,24)(H,23,25)/b21-9-. The van der Waals surface area contributed by atoms with Crippen molar-refractivity contribution in [2.75, 3.05) is 26.6 Å². The quantitative estimate of drug-likeness (QED) is 0.420. The van der Waals surface area contributed by atoms with Crippen molar-refractivity contribution in [3.63, 3.8) is 0 Å². The molecule has 2 rings (SSSR count). The van der Waals surface area contributed by atoms with Gasteiger partial charge in [-0.05, 0) is 18.2 Å². The van der Waals surface area contributed by atoms with Crippen LogP contribution in [0.2, 0.25) is 10.0 Å². The normalized spacial score (nSPS) is 10.5. The molecule has 0 heterocycles. The lowest BCUT2D eigenvalue weighted by Gasteiger charge is -2.11. The van der Waals surface area contributed by atoms with Crippen molar-refractivity contribution in [3.8, 4) is 17.2 Å². The smallest absolute Gasteiger partial charge is 0.329 e. The summed E-state index contributed by atoms with van der Waals surface area (Å²) < 4.78 is 15.7. The molecule has 0 unspecified atom stereocenters. The van der Waals surface area contributed by atoms with E-state index in [1.807, 2.05) is 0 Å². The van der Waals surface area contributed by atoms with Crippen LogP contribution >= 0.6 is 23.2 Å². The van der Waals surface area contributed by atoms with E-state index in [1.54, 1.807) is 24.3 Å². The van der Waals surface area contributed by atoms with E-state index < -0.39 is 11.8 Å². The lowest BCUT2D eigenvalue weighted by molar-refractivity contribution is -0.136. The van der Waals surface area contributed by atoms with Crippen LogP contribution in [0.1, 0.15) is 5.56 Å². The number of benzene rings is 2. The van der Waals surface area contributed by atoms with Gasteiger partial charge in [0.05, 0.1) is 43.3 Å². The number of methoxy groups -OCH3 is 3. The van der Waals surface area contributed by atoms with Gasteiger partial charge in [-0.2, -0.15) is 5.10 Å². The molecule has 0 spiro atoms. The maximum Gasteiger partial charge on any atom is 0.329 e. The summed E-state index contributed by atoms with van der Waals surface area (Å²) in [6.07, 6.45) is 1.30. The highest BCUT2D eigenvalue weighted by atomic mass is 35.5. The van der Waals surface area contributed by atoms with Crippen LogP contribution in [0.15, 0.2) is 35.4 Å². The average molecular weight is 426 g/mol. The first-order chi connectivity index (χ1) is 13.4. The Hall–Kier alpha value is -2.97. The van der Waals surface area contributed by atoms with Gasteiger partial charge in [0, 0.05) is 11.6 Å². The van der Waals surface area contributed by atoms with Crippen LogP contribution in [0.3, 0.4) is 0 Å². The number of hydrazone groups is 1. The highest BCUT2D eigenvalue weighted by Gasteiger charge is 2.16. The Morgan fingerprint density at radius 2 is 1.61 bits per heavy atom. The number of halogens is 2. The first-order valence-corrected chi connectivity index (χ1v) is 8.55. The largest absolute Gasteiger partial charge is 0.496 e. The number of amides is 2. The molecule has 0 aromatic heterocycles. The number of ether oxygens (including phenoxy) is 3. The van der Waals surface area contributed by atoms with E-state index in [0.29, 0.717) is 22.8 Å². The Labute approximate surface area is 171 Å². The third kappa shape index (κ3) is 5.05. The van der Waals surface area contributed by atoms with Gasteiger partial charge in [-0.15, -0.1) is 0 Å². The molecule has 148 valence electrons. The predicted molar refractivity (Wildman–Crippen MR) is 107 cm³/mol. The van der Waals surface area contributed by atoms with E-state index in [-0.39, 0.29) is 15.7 Å². The molecule has 0 bridgehead atoms. The maximum atomic E-state index is 12.0. The van der Waals surface area contributed by atoms with Gasteiger partial charge in [0.2, 0.25) is 0 Å². The molecule has 2 amide bonds. The summed E-state index contributed by atoms with van der Waals surface area (Å²) in [5, 5.41) is 6.49. The molecule has 0 saturated heterocycles. The van der Waals surface area contributed by atoms with Crippen LogP contribution in [0, 0.1) is 0 Å². The van der Waals surface area contributed by atoms with Crippen molar-refractivity contribution in [2.24, 2.45) is 5.10 Å². The molecule has 0 aliphatic carbocycles. The SMILES string of the molecule is COc1cc(OC)c(OC)cc1/C=N\NC(=O)C(=O)Nc1cccc(Cl)c1Cl. The molecule has 28 heavy (non-hydrogen) atoms. The number of nitrogens with one attached hydrogen (secondary N) is 2. The third-order valence-electron chi connectivity index (χ3n) is 3.51. The fourth-order valence-corrected chi connectivity index (χ4v) is 2.49. The summed E-state index contributed by atoms with van der Waals surface area (Å²) in [5.41, 5.74) is 2.82. The number of carbonyl (C=O) groups is 2. The number of anilines is 1. The van der Waals surface area contributed by atoms with Crippen LogP contribution in [0.4, 0.5) is 5.69 Å². The Morgan fingerprint density at radius 3 is 2.25 bits per heavy atom. The van der Waals surface area contributed by atoms with Gasteiger partial charge in [0.1, 0.15) is 5.75 Å². The van der Waals surface area contributed by atoms with E-state index in [1.165, 1.54) is 33.6 Å². The summed E-state index contributed by atoms with van der Waals surface area (Å²) in [6, 6.07) is 7.87. The lowest BCUT2D eigenvalue weighted by atomic mass is 10.2. The van der Waals surface area contributed by atoms with Gasteiger partial charge in [-0.1, -0.05) is 29.3 Å². The number of hydrogen-bond acceptors (Lipinski definition) is 6. The highest BCUT2D eigenvalue weighted by molar-refractivity contribution is 6.45. The van der Waals surface area contributed by atoms with Crippen molar-refractivity contribution in [3.05, 3.63) is 45.9 Å². The van der Waals surface area contributed by atoms with Crippen molar-refractivity contribution >= 4 is 46.9 Å². The molecule has 2 aromatic rings. The Morgan fingerprint density at radius 1 is 0.964 bits per heavy atom. The van der Waals surface area contributed by atoms with Crippen LogP contribution < -0.4 is 25.0 Å².